The molecule has 1 atom stereocenters. The molecule has 0 aromatic rings. The molecule has 0 spiro atoms. The average molecular weight is 311 g/mol. The summed E-state index contributed by atoms with van der Waals surface area (Å²) >= 11 is 0. The second-order valence-corrected chi connectivity index (χ2v) is 7.74. The Labute approximate surface area is 142 Å². The van der Waals surface area contributed by atoms with Gasteiger partial charge in [-0.1, -0.05) is 130 Å². The highest BCUT2D eigenvalue weighted by Crippen LogP contribution is 2.29. The maximum atomic E-state index is 2.38. The van der Waals surface area contributed by atoms with Crippen molar-refractivity contribution >= 4 is 0 Å². The van der Waals surface area contributed by atoms with Gasteiger partial charge in [0.25, 0.3) is 0 Å². The van der Waals surface area contributed by atoms with Gasteiger partial charge in [0.05, 0.1) is 0 Å². The van der Waals surface area contributed by atoms with Crippen LogP contribution in [0.25, 0.3) is 0 Å². The summed E-state index contributed by atoms with van der Waals surface area (Å²) in [6.07, 6.45) is 23.4. The SMILES string of the molecule is CCCCCCC(C)CCC.CCCCCCC1CCCC1. The molecule has 1 unspecified atom stereocenters. The lowest BCUT2D eigenvalue weighted by Gasteiger charge is -2.08. The van der Waals surface area contributed by atoms with E-state index in [4.69, 9.17) is 0 Å². The van der Waals surface area contributed by atoms with Crippen molar-refractivity contribution in [3.8, 4) is 0 Å². The minimum atomic E-state index is 0.969. The first-order chi connectivity index (χ1) is 10.7. The molecule has 0 heterocycles. The van der Waals surface area contributed by atoms with Crippen LogP contribution < -0.4 is 0 Å². The third-order valence-electron chi connectivity index (χ3n) is 5.27. The predicted molar refractivity (Wildman–Crippen MR) is 104 cm³/mol. The standard InChI is InChI=1S/C11H22.C11H24/c1-2-3-4-5-8-11-9-6-7-10-11;1-4-6-7-8-10-11(3)9-5-2/h11H,2-10H2,1H3;11H,4-10H2,1-3H3. The molecule has 1 saturated carbocycles. The molecule has 1 aliphatic carbocycles. The molecule has 0 aromatic carbocycles. The van der Waals surface area contributed by atoms with Gasteiger partial charge in [-0.2, -0.15) is 0 Å². The molecule has 134 valence electrons. The van der Waals surface area contributed by atoms with Gasteiger partial charge in [0.1, 0.15) is 0 Å². The zero-order chi connectivity index (χ0) is 16.5. The largest absolute Gasteiger partial charge is 0.0654 e. The van der Waals surface area contributed by atoms with E-state index >= 15 is 0 Å². The lowest BCUT2D eigenvalue weighted by molar-refractivity contribution is 0.455. The minimum absolute atomic E-state index is 0.969. The molecule has 0 saturated heterocycles. The molecule has 0 heteroatoms. The fourth-order valence-electron chi connectivity index (χ4n) is 3.72. The highest BCUT2D eigenvalue weighted by Gasteiger charge is 2.13. The molecule has 0 nitrogen and oxygen atoms in total. The lowest BCUT2D eigenvalue weighted by Crippen LogP contribution is -1.93. The highest BCUT2D eigenvalue weighted by atomic mass is 14.2. The summed E-state index contributed by atoms with van der Waals surface area (Å²) in [5.74, 6) is 2.09. The van der Waals surface area contributed by atoms with E-state index in [0.717, 1.165) is 11.8 Å². The molecule has 22 heavy (non-hydrogen) atoms. The molecule has 0 aromatic heterocycles. The number of unbranched alkanes of at least 4 members (excludes halogenated alkanes) is 6. The van der Waals surface area contributed by atoms with E-state index in [0.29, 0.717) is 0 Å². The summed E-state index contributed by atoms with van der Waals surface area (Å²) in [6, 6.07) is 0. The van der Waals surface area contributed by atoms with E-state index in [1.165, 1.54) is 103 Å². The fraction of sp³-hybridized carbons (Fsp3) is 1.00. The van der Waals surface area contributed by atoms with Crippen LogP contribution in [-0.2, 0) is 0 Å². The Morgan fingerprint density at radius 3 is 1.82 bits per heavy atom. The molecule has 0 aliphatic heterocycles. The maximum absolute atomic E-state index is 2.38. The van der Waals surface area contributed by atoms with Crippen LogP contribution in [0.15, 0.2) is 0 Å². The Morgan fingerprint density at radius 2 is 1.27 bits per heavy atom. The Balaban J connectivity index is 0.000000401. The van der Waals surface area contributed by atoms with Gasteiger partial charge in [-0.15, -0.1) is 0 Å². The smallest absolute Gasteiger partial charge is 0.0414 e. The van der Waals surface area contributed by atoms with E-state index in [2.05, 4.69) is 27.7 Å². The number of hydrogen-bond acceptors (Lipinski definition) is 0. The third kappa shape index (κ3) is 14.9. The van der Waals surface area contributed by atoms with Crippen LogP contribution in [0.3, 0.4) is 0 Å². The van der Waals surface area contributed by atoms with Crippen LogP contribution in [-0.4, -0.2) is 0 Å². The van der Waals surface area contributed by atoms with E-state index in [9.17, 15) is 0 Å². The summed E-state index contributed by atoms with van der Waals surface area (Å²) < 4.78 is 0. The zero-order valence-corrected chi connectivity index (χ0v) is 16.5. The number of hydrogen-bond donors (Lipinski definition) is 0. The molecule has 1 fully saturated rings. The highest BCUT2D eigenvalue weighted by molar-refractivity contribution is 4.66. The van der Waals surface area contributed by atoms with Crippen LogP contribution in [0, 0.1) is 11.8 Å². The molecule has 0 N–H and O–H groups in total. The molecule has 1 aliphatic rings. The Kier molecular flexibility index (Phi) is 17.4. The Morgan fingerprint density at radius 1 is 0.682 bits per heavy atom. The minimum Gasteiger partial charge on any atom is -0.0654 e. The first kappa shape index (κ1) is 22.0. The van der Waals surface area contributed by atoms with Crippen molar-refractivity contribution in [1.29, 1.82) is 0 Å². The van der Waals surface area contributed by atoms with Gasteiger partial charge < -0.3 is 0 Å². The topological polar surface area (TPSA) is 0 Å². The van der Waals surface area contributed by atoms with E-state index in [1.54, 1.807) is 0 Å². The first-order valence-corrected chi connectivity index (χ1v) is 10.7. The summed E-state index contributed by atoms with van der Waals surface area (Å²) in [7, 11) is 0. The van der Waals surface area contributed by atoms with Crippen molar-refractivity contribution in [2.24, 2.45) is 11.8 Å². The van der Waals surface area contributed by atoms with Gasteiger partial charge in [0.2, 0.25) is 0 Å². The van der Waals surface area contributed by atoms with Crippen LogP contribution in [0.4, 0.5) is 0 Å². The summed E-state index contributed by atoms with van der Waals surface area (Å²) in [5.41, 5.74) is 0. The van der Waals surface area contributed by atoms with Crippen molar-refractivity contribution in [2.45, 2.75) is 130 Å². The average Bonchev–Trinajstić information content (AvgIpc) is 3.03. The third-order valence-corrected chi connectivity index (χ3v) is 5.27. The van der Waals surface area contributed by atoms with Gasteiger partial charge in [0.15, 0.2) is 0 Å². The molecule has 0 radical (unpaired) electrons. The van der Waals surface area contributed by atoms with Gasteiger partial charge >= 0.3 is 0 Å². The predicted octanol–water partition coefficient (Wildman–Crippen LogP) is 8.54. The van der Waals surface area contributed by atoms with Gasteiger partial charge in [-0.25, -0.2) is 0 Å². The van der Waals surface area contributed by atoms with Crippen molar-refractivity contribution < 1.29 is 0 Å². The maximum Gasteiger partial charge on any atom is -0.0414 e. The van der Waals surface area contributed by atoms with E-state index in [1.807, 2.05) is 0 Å². The van der Waals surface area contributed by atoms with Crippen LogP contribution in [0.2, 0.25) is 0 Å². The Hall–Kier alpha value is 0. The second kappa shape index (κ2) is 17.4. The van der Waals surface area contributed by atoms with Gasteiger partial charge in [-0.05, 0) is 11.8 Å². The van der Waals surface area contributed by atoms with Crippen molar-refractivity contribution in [2.75, 3.05) is 0 Å². The van der Waals surface area contributed by atoms with E-state index < -0.39 is 0 Å². The van der Waals surface area contributed by atoms with Crippen LogP contribution in [0.5, 0.6) is 0 Å². The van der Waals surface area contributed by atoms with Gasteiger partial charge in [-0.3, -0.25) is 0 Å². The quantitative estimate of drug-likeness (QED) is 0.317. The van der Waals surface area contributed by atoms with Crippen molar-refractivity contribution in [1.82, 2.24) is 0 Å². The zero-order valence-electron chi connectivity index (χ0n) is 16.5. The molecular weight excluding hydrogens is 264 g/mol. The number of rotatable bonds is 12. The van der Waals surface area contributed by atoms with E-state index in [-0.39, 0.29) is 0 Å². The van der Waals surface area contributed by atoms with Crippen molar-refractivity contribution in [3.63, 3.8) is 0 Å². The monoisotopic (exact) mass is 310 g/mol. The summed E-state index contributed by atoms with van der Waals surface area (Å²) in [5, 5.41) is 0. The van der Waals surface area contributed by atoms with Crippen LogP contribution >= 0.6 is 0 Å². The summed E-state index contributed by atoms with van der Waals surface area (Å²) in [4.78, 5) is 0. The Bertz CT molecular complexity index is 190. The van der Waals surface area contributed by atoms with Crippen molar-refractivity contribution in [3.05, 3.63) is 0 Å². The molecule has 0 bridgehead atoms. The first-order valence-electron chi connectivity index (χ1n) is 10.7. The second-order valence-electron chi connectivity index (χ2n) is 7.74. The molecule has 1 rings (SSSR count). The lowest BCUT2D eigenvalue weighted by atomic mass is 9.98. The van der Waals surface area contributed by atoms with Gasteiger partial charge in [0, 0.05) is 0 Å². The molecular formula is C22H46. The molecule has 0 amide bonds. The summed E-state index contributed by atoms with van der Waals surface area (Å²) in [6.45, 7) is 9.23. The fourth-order valence-corrected chi connectivity index (χ4v) is 3.72. The normalized spacial score (nSPS) is 16.4. The van der Waals surface area contributed by atoms with Crippen LogP contribution in [0.1, 0.15) is 130 Å².